The lowest BCUT2D eigenvalue weighted by Crippen LogP contribution is -2.42. The van der Waals surface area contributed by atoms with E-state index in [1.165, 1.54) is 11.3 Å². The fourth-order valence-corrected chi connectivity index (χ4v) is 3.57. The van der Waals surface area contributed by atoms with Crippen LogP contribution >= 0.6 is 22.9 Å². The van der Waals surface area contributed by atoms with Crippen molar-refractivity contribution in [3.05, 3.63) is 34.1 Å². The van der Waals surface area contributed by atoms with Gasteiger partial charge in [-0.1, -0.05) is 11.6 Å². The second kappa shape index (κ2) is 6.09. The zero-order valence-corrected chi connectivity index (χ0v) is 13.3. The summed E-state index contributed by atoms with van der Waals surface area (Å²) in [5.41, 5.74) is 1.56. The Labute approximate surface area is 138 Å². The topological polar surface area (TPSA) is 46.1 Å². The van der Waals surface area contributed by atoms with Gasteiger partial charge >= 0.3 is 12.1 Å². The van der Waals surface area contributed by atoms with Crippen LogP contribution in [-0.4, -0.2) is 40.0 Å². The van der Waals surface area contributed by atoms with E-state index in [0.717, 1.165) is 26.0 Å². The number of pyridine rings is 1. The van der Waals surface area contributed by atoms with Crippen LogP contribution in [0.3, 0.4) is 0 Å². The first-order chi connectivity index (χ1) is 10.8. The molecule has 4 nitrogen and oxygen atoms in total. The molecule has 0 spiro atoms. The largest absolute Gasteiger partial charge is 0.471 e. The van der Waals surface area contributed by atoms with Crippen LogP contribution in [0.2, 0.25) is 5.15 Å². The highest BCUT2D eigenvalue weighted by Crippen LogP contribution is 2.31. The number of fused-ring (bicyclic) bond motifs is 1. The highest BCUT2D eigenvalue weighted by molar-refractivity contribution is 7.15. The number of nitrogens with zero attached hydrogens (tertiary/aromatic N) is 3. The van der Waals surface area contributed by atoms with E-state index in [9.17, 15) is 18.0 Å². The molecule has 9 heteroatoms. The van der Waals surface area contributed by atoms with Crippen molar-refractivity contribution in [1.29, 1.82) is 0 Å². The monoisotopic (exact) mass is 361 g/mol. The van der Waals surface area contributed by atoms with E-state index in [2.05, 4.69) is 9.97 Å². The van der Waals surface area contributed by atoms with Crippen molar-refractivity contribution in [2.75, 3.05) is 13.1 Å². The minimum atomic E-state index is -4.83. The first kappa shape index (κ1) is 16.2. The molecule has 1 aliphatic rings. The summed E-state index contributed by atoms with van der Waals surface area (Å²) in [6.07, 6.45) is -2.53. The van der Waals surface area contributed by atoms with Crippen LogP contribution in [-0.2, 0) is 17.6 Å². The van der Waals surface area contributed by atoms with Crippen LogP contribution in [0.5, 0.6) is 0 Å². The predicted octanol–water partition coefficient (Wildman–Crippen LogP) is 3.35. The van der Waals surface area contributed by atoms with E-state index < -0.39 is 12.1 Å². The second-order valence-corrected chi connectivity index (χ2v) is 6.52. The van der Waals surface area contributed by atoms with E-state index >= 15 is 0 Å². The van der Waals surface area contributed by atoms with Crippen molar-refractivity contribution in [1.82, 2.24) is 14.9 Å². The van der Waals surface area contributed by atoms with E-state index in [-0.39, 0.29) is 13.1 Å². The summed E-state index contributed by atoms with van der Waals surface area (Å²) in [6, 6.07) is 3.46. The lowest BCUT2D eigenvalue weighted by Gasteiger charge is -2.21. The van der Waals surface area contributed by atoms with Gasteiger partial charge in [-0.05, 0) is 12.1 Å². The summed E-state index contributed by atoms with van der Waals surface area (Å²) < 4.78 is 37.6. The van der Waals surface area contributed by atoms with E-state index in [0.29, 0.717) is 18.0 Å². The van der Waals surface area contributed by atoms with Gasteiger partial charge in [-0.15, -0.1) is 11.3 Å². The number of alkyl halides is 3. The molecule has 3 rings (SSSR count). The van der Waals surface area contributed by atoms with Crippen molar-refractivity contribution in [2.24, 2.45) is 0 Å². The third-order valence-electron chi connectivity index (χ3n) is 3.51. The molecule has 2 aromatic heterocycles. The van der Waals surface area contributed by atoms with Gasteiger partial charge in [0.25, 0.3) is 0 Å². The maximum Gasteiger partial charge on any atom is 0.471 e. The number of carbonyl (C=O) groups is 1. The Morgan fingerprint density at radius 1 is 1.26 bits per heavy atom. The summed E-state index contributed by atoms with van der Waals surface area (Å²) in [7, 11) is 0. The zero-order valence-electron chi connectivity index (χ0n) is 11.7. The molecule has 122 valence electrons. The molecule has 0 radical (unpaired) electrons. The fraction of sp³-hybridized carbons (Fsp3) is 0.357. The lowest BCUT2D eigenvalue weighted by atomic mass is 10.2. The van der Waals surface area contributed by atoms with Gasteiger partial charge in [-0.3, -0.25) is 4.79 Å². The summed E-state index contributed by atoms with van der Waals surface area (Å²) in [5, 5.41) is 1.14. The van der Waals surface area contributed by atoms with Gasteiger partial charge in [-0.25, -0.2) is 9.97 Å². The van der Waals surface area contributed by atoms with Crippen LogP contribution in [0.15, 0.2) is 18.3 Å². The van der Waals surface area contributed by atoms with Crippen molar-refractivity contribution < 1.29 is 18.0 Å². The number of halogens is 4. The summed E-state index contributed by atoms with van der Waals surface area (Å²) >= 11 is 7.16. The predicted molar refractivity (Wildman–Crippen MR) is 80.4 cm³/mol. The van der Waals surface area contributed by atoms with Gasteiger partial charge in [0.15, 0.2) is 0 Å². The molecule has 0 saturated carbocycles. The SMILES string of the molecule is O=C(N1CCc2nc(-c3ccc(Cl)nc3)sc2CC1)C(F)(F)F. The lowest BCUT2D eigenvalue weighted by molar-refractivity contribution is -0.185. The molecule has 1 aliphatic heterocycles. The Bertz CT molecular complexity index is 704. The number of rotatable bonds is 1. The van der Waals surface area contributed by atoms with Crippen LogP contribution in [0.4, 0.5) is 13.2 Å². The highest BCUT2D eigenvalue weighted by Gasteiger charge is 2.42. The molecule has 0 atom stereocenters. The van der Waals surface area contributed by atoms with E-state index in [1.54, 1.807) is 18.3 Å². The average Bonchev–Trinajstić information content (AvgIpc) is 2.80. The summed E-state index contributed by atoms with van der Waals surface area (Å²) in [5.74, 6) is -1.78. The Morgan fingerprint density at radius 3 is 2.65 bits per heavy atom. The number of thiazole rings is 1. The zero-order chi connectivity index (χ0) is 16.6. The average molecular weight is 362 g/mol. The molecule has 0 saturated heterocycles. The van der Waals surface area contributed by atoms with Crippen molar-refractivity contribution in [3.8, 4) is 10.6 Å². The molecular formula is C14H11ClF3N3OS. The molecule has 3 heterocycles. The molecule has 23 heavy (non-hydrogen) atoms. The third kappa shape index (κ3) is 3.48. The number of hydrogen-bond donors (Lipinski definition) is 0. The molecular weight excluding hydrogens is 351 g/mol. The number of aromatic nitrogens is 2. The van der Waals surface area contributed by atoms with E-state index in [1.807, 2.05) is 0 Å². The van der Waals surface area contributed by atoms with E-state index in [4.69, 9.17) is 11.6 Å². The fourth-order valence-electron chi connectivity index (χ4n) is 2.37. The molecule has 0 aliphatic carbocycles. The normalized spacial score (nSPS) is 15.2. The Morgan fingerprint density at radius 2 is 2.00 bits per heavy atom. The third-order valence-corrected chi connectivity index (χ3v) is 4.94. The van der Waals surface area contributed by atoms with Gasteiger partial charge < -0.3 is 4.90 Å². The molecule has 0 N–H and O–H groups in total. The van der Waals surface area contributed by atoms with Crippen LogP contribution in [0, 0.1) is 0 Å². The Balaban J connectivity index is 1.77. The quantitative estimate of drug-likeness (QED) is 0.732. The van der Waals surface area contributed by atoms with Gasteiger partial charge in [-0.2, -0.15) is 13.2 Å². The van der Waals surface area contributed by atoms with Gasteiger partial charge in [0.1, 0.15) is 10.2 Å². The van der Waals surface area contributed by atoms with Gasteiger partial charge in [0.2, 0.25) is 0 Å². The van der Waals surface area contributed by atoms with Crippen LogP contribution in [0.1, 0.15) is 10.6 Å². The van der Waals surface area contributed by atoms with Gasteiger partial charge in [0, 0.05) is 42.6 Å². The summed E-state index contributed by atoms with van der Waals surface area (Å²) in [6.45, 7) is 0.0687. The second-order valence-electron chi connectivity index (χ2n) is 5.05. The maximum absolute atomic E-state index is 12.5. The van der Waals surface area contributed by atoms with Gasteiger partial charge in [0.05, 0.1) is 5.69 Å². The van der Waals surface area contributed by atoms with Crippen LogP contribution < -0.4 is 0 Å². The molecule has 0 unspecified atom stereocenters. The minimum Gasteiger partial charge on any atom is -0.334 e. The van der Waals surface area contributed by atoms with Crippen molar-refractivity contribution in [3.63, 3.8) is 0 Å². The smallest absolute Gasteiger partial charge is 0.334 e. The minimum absolute atomic E-state index is 0.0212. The number of hydrogen-bond acceptors (Lipinski definition) is 4. The molecule has 2 aromatic rings. The van der Waals surface area contributed by atoms with Crippen LogP contribution in [0.25, 0.3) is 10.6 Å². The number of carbonyl (C=O) groups excluding carboxylic acids is 1. The summed E-state index contributed by atoms with van der Waals surface area (Å²) in [4.78, 5) is 21.6. The Hall–Kier alpha value is -1.67. The molecule has 1 amide bonds. The first-order valence-corrected chi connectivity index (χ1v) is 8.00. The Kier molecular flexibility index (Phi) is 4.29. The number of amides is 1. The van der Waals surface area contributed by atoms with Crippen molar-refractivity contribution >= 4 is 28.8 Å². The maximum atomic E-state index is 12.5. The molecule has 0 aromatic carbocycles. The molecule has 0 fully saturated rings. The standard InChI is InChI=1S/C14H11ClF3N3OS/c15-11-2-1-8(7-19-11)12-20-9-3-5-21(6-4-10(9)23-12)13(22)14(16,17)18/h1-2,7H,3-6H2. The highest BCUT2D eigenvalue weighted by atomic mass is 35.5. The molecule has 0 bridgehead atoms. The van der Waals surface area contributed by atoms with Crippen molar-refractivity contribution in [2.45, 2.75) is 19.0 Å². The first-order valence-electron chi connectivity index (χ1n) is 6.81.